The number of nitrogen functional groups attached to an aromatic ring is 1. The van der Waals surface area contributed by atoms with Crippen LogP contribution in [0.25, 0.3) is 0 Å². The monoisotopic (exact) mass is 223 g/mol. The fourth-order valence-electron chi connectivity index (χ4n) is 1.22. The second-order valence-electron chi connectivity index (χ2n) is 3.88. The summed E-state index contributed by atoms with van der Waals surface area (Å²) in [4.78, 5) is 21.2. The van der Waals surface area contributed by atoms with Crippen molar-refractivity contribution in [2.75, 3.05) is 24.2 Å². The van der Waals surface area contributed by atoms with E-state index in [2.05, 4.69) is 15.3 Å². The average Bonchev–Trinajstić information content (AvgIpc) is 2.16. The third-order valence-electron chi connectivity index (χ3n) is 1.86. The van der Waals surface area contributed by atoms with Gasteiger partial charge in [-0.3, -0.25) is 9.78 Å². The van der Waals surface area contributed by atoms with Crippen LogP contribution >= 0.6 is 0 Å². The number of likely N-dealkylation sites (N-methyl/N-ethyl adjacent to an activating group) is 1. The summed E-state index contributed by atoms with van der Waals surface area (Å²) < 4.78 is 0. The maximum absolute atomic E-state index is 11.5. The van der Waals surface area contributed by atoms with E-state index in [0.29, 0.717) is 11.6 Å². The highest BCUT2D eigenvalue weighted by Crippen LogP contribution is 2.07. The summed E-state index contributed by atoms with van der Waals surface area (Å²) in [7, 11) is 1.77. The molecule has 0 saturated carbocycles. The SMILES string of the molecule is CC(C)NC(=O)CN(C)c1cncc(N)n1. The van der Waals surface area contributed by atoms with E-state index in [0.717, 1.165) is 0 Å². The van der Waals surface area contributed by atoms with Crippen LogP contribution in [0.4, 0.5) is 11.6 Å². The van der Waals surface area contributed by atoms with Gasteiger partial charge in [0.1, 0.15) is 11.6 Å². The van der Waals surface area contributed by atoms with Crippen molar-refractivity contribution in [3.05, 3.63) is 12.4 Å². The average molecular weight is 223 g/mol. The predicted molar refractivity (Wildman–Crippen MR) is 63.0 cm³/mol. The van der Waals surface area contributed by atoms with Crippen molar-refractivity contribution in [2.45, 2.75) is 19.9 Å². The zero-order valence-corrected chi connectivity index (χ0v) is 9.77. The first-order valence-electron chi connectivity index (χ1n) is 5.07. The molecular formula is C10H17N5O. The molecule has 16 heavy (non-hydrogen) atoms. The van der Waals surface area contributed by atoms with Gasteiger partial charge in [0.05, 0.1) is 18.9 Å². The number of nitrogens with one attached hydrogen (secondary N) is 1. The van der Waals surface area contributed by atoms with Crippen molar-refractivity contribution in [3.63, 3.8) is 0 Å². The summed E-state index contributed by atoms with van der Waals surface area (Å²) in [5.41, 5.74) is 5.51. The summed E-state index contributed by atoms with van der Waals surface area (Å²) >= 11 is 0. The zero-order valence-electron chi connectivity index (χ0n) is 9.77. The summed E-state index contributed by atoms with van der Waals surface area (Å²) in [5, 5.41) is 2.80. The Balaban J connectivity index is 2.58. The molecule has 0 radical (unpaired) electrons. The Morgan fingerprint density at radius 2 is 2.25 bits per heavy atom. The van der Waals surface area contributed by atoms with Crippen LogP contribution in [0.2, 0.25) is 0 Å². The number of amides is 1. The molecule has 0 bridgehead atoms. The summed E-state index contributed by atoms with van der Waals surface area (Å²) in [6.45, 7) is 4.06. The lowest BCUT2D eigenvalue weighted by Crippen LogP contribution is -2.38. The second-order valence-corrected chi connectivity index (χ2v) is 3.88. The number of hydrogen-bond donors (Lipinski definition) is 2. The van der Waals surface area contributed by atoms with Crippen LogP contribution in [0.1, 0.15) is 13.8 Å². The van der Waals surface area contributed by atoms with Crippen LogP contribution in [0.15, 0.2) is 12.4 Å². The quantitative estimate of drug-likeness (QED) is 0.751. The Hall–Kier alpha value is -1.85. The first kappa shape index (κ1) is 12.2. The fraction of sp³-hybridized carbons (Fsp3) is 0.500. The lowest BCUT2D eigenvalue weighted by Gasteiger charge is -2.18. The maximum Gasteiger partial charge on any atom is 0.239 e. The second kappa shape index (κ2) is 5.29. The molecule has 6 heteroatoms. The predicted octanol–water partition coefficient (Wildman–Crippen LogP) is 0.0196. The number of anilines is 2. The minimum Gasteiger partial charge on any atom is -0.382 e. The fourth-order valence-corrected chi connectivity index (χ4v) is 1.22. The highest BCUT2D eigenvalue weighted by molar-refractivity contribution is 5.81. The largest absolute Gasteiger partial charge is 0.382 e. The van der Waals surface area contributed by atoms with Crippen molar-refractivity contribution in [1.82, 2.24) is 15.3 Å². The first-order valence-corrected chi connectivity index (χ1v) is 5.07. The molecular weight excluding hydrogens is 206 g/mol. The van der Waals surface area contributed by atoms with Crippen LogP contribution in [0.3, 0.4) is 0 Å². The molecule has 0 aliphatic rings. The molecule has 0 aromatic carbocycles. The van der Waals surface area contributed by atoms with E-state index in [1.165, 1.54) is 6.20 Å². The van der Waals surface area contributed by atoms with E-state index in [9.17, 15) is 4.79 Å². The molecule has 0 spiro atoms. The number of hydrogen-bond acceptors (Lipinski definition) is 5. The highest BCUT2D eigenvalue weighted by Gasteiger charge is 2.09. The van der Waals surface area contributed by atoms with Crippen molar-refractivity contribution in [1.29, 1.82) is 0 Å². The van der Waals surface area contributed by atoms with Crippen LogP contribution in [0.5, 0.6) is 0 Å². The Labute approximate surface area is 94.9 Å². The van der Waals surface area contributed by atoms with E-state index < -0.39 is 0 Å². The molecule has 0 aliphatic heterocycles. The third-order valence-corrected chi connectivity index (χ3v) is 1.86. The molecule has 1 aromatic rings. The van der Waals surface area contributed by atoms with Gasteiger partial charge in [0.2, 0.25) is 5.91 Å². The molecule has 1 heterocycles. The smallest absolute Gasteiger partial charge is 0.239 e. The molecule has 0 aliphatic carbocycles. The van der Waals surface area contributed by atoms with E-state index in [-0.39, 0.29) is 18.5 Å². The molecule has 1 rings (SSSR count). The Morgan fingerprint density at radius 1 is 1.56 bits per heavy atom. The van der Waals surface area contributed by atoms with Gasteiger partial charge in [-0.2, -0.15) is 0 Å². The van der Waals surface area contributed by atoms with E-state index >= 15 is 0 Å². The van der Waals surface area contributed by atoms with E-state index in [1.54, 1.807) is 18.1 Å². The lowest BCUT2D eigenvalue weighted by molar-refractivity contribution is -0.120. The van der Waals surface area contributed by atoms with Crippen LogP contribution < -0.4 is 16.0 Å². The molecule has 0 atom stereocenters. The zero-order chi connectivity index (χ0) is 12.1. The summed E-state index contributed by atoms with van der Waals surface area (Å²) in [5.74, 6) is 0.870. The van der Waals surface area contributed by atoms with Gasteiger partial charge in [0.15, 0.2) is 0 Å². The number of nitrogens with two attached hydrogens (primary N) is 1. The van der Waals surface area contributed by atoms with Gasteiger partial charge in [-0.1, -0.05) is 0 Å². The van der Waals surface area contributed by atoms with Gasteiger partial charge in [-0.25, -0.2) is 4.98 Å². The number of aromatic nitrogens is 2. The number of carbonyl (C=O) groups is 1. The summed E-state index contributed by atoms with van der Waals surface area (Å²) in [6, 6.07) is 0.132. The van der Waals surface area contributed by atoms with Gasteiger partial charge < -0.3 is 16.0 Å². The van der Waals surface area contributed by atoms with Crippen LogP contribution in [0, 0.1) is 0 Å². The van der Waals surface area contributed by atoms with Gasteiger partial charge in [-0.15, -0.1) is 0 Å². The van der Waals surface area contributed by atoms with E-state index in [4.69, 9.17) is 5.73 Å². The van der Waals surface area contributed by atoms with Crippen LogP contribution in [-0.2, 0) is 4.79 Å². The number of nitrogens with zero attached hydrogens (tertiary/aromatic N) is 3. The van der Waals surface area contributed by atoms with E-state index in [1.807, 2.05) is 13.8 Å². The molecule has 0 unspecified atom stereocenters. The Kier molecular flexibility index (Phi) is 4.04. The molecule has 6 nitrogen and oxygen atoms in total. The van der Waals surface area contributed by atoms with Gasteiger partial charge in [0, 0.05) is 13.1 Å². The normalized spacial score (nSPS) is 10.2. The van der Waals surface area contributed by atoms with Crippen LogP contribution in [-0.4, -0.2) is 35.5 Å². The minimum atomic E-state index is -0.0540. The highest BCUT2D eigenvalue weighted by atomic mass is 16.2. The van der Waals surface area contributed by atoms with Crippen molar-refractivity contribution < 1.29 is 4.79 Å². The van der Waals surface area contributed by atoms with Crippen molar-refractivity contribution in [2.24, 2.45) is 0 Å². The number of carbonyl (C=O) groups excluding carboxylic acids is 1. The Morgan fingerprint density at radius 3 is 2.81 bits per heavy atom. The first-order chi connectivity index (χ1) is 7.49. The van der Waals surface area contributed by atoms with Gasteiger partial charge in [0.25, 0.3) is 0 Å². The molecule has 1 amide bonds. The van der Waals surface area contributed by atoms with Gasteiger partial charge in [-0.05, 0) is 13.8 Å². The van der Waals surface area contributed by atoms with Crippen molar-refractivity contribution >= 4 is 17.5 Å². The molecule has 3 N–H and O–H groups in total. The van der Waals surface area contributed by atoms with Crippen molar-refractivity contribution in [3.8, 4) is 0 Å². The minimum absolute atomic E-state index is 0.0540. The molecule has 0 fully saturated rings. The molecule has 1 aromatic heterocycles. The Bertz CT molecular complexity index is 366. The standard InChI is InChI=1S/C10H17N5O/c1-7(2)13-10(16)6-15(3)9-5-12-4-8(11)14-9/h4-5,7H,6H2,1-3H3,(H2,11,14)(H,13,16). The molecule has 0 saturated heterocycles. The summed E-state index contributed by atoms with van der Waals surface area (Å²) in [6.07, 6.45) is 3.03. The van der Waals surface area contributed by atoms with Gasteiger partial charge >= 0.3 is 0 Å². The topological polar surface area (TPSA) is 84.1 Å². The lowest BCUT2D eigenvalue weighted by atomic mass is 10.4. The third kappa shape index (κ3) is 3.72. The molecule has 88 valence electrons. The maximum atomic E-state index is 11.5. The number of rotatable bonds is 4.